The van der Waals surface area contributed by atoms with Crippen LogP contribution in [0.5, 0.6) is 0 Å². The molecule has 0 N–H and O–H groups in total. The minimum Gasteiger partial charge on any atom is -0.591 e. The van der Waals surface area contributed by atoms with Crippen molar-refractivity contribution in [1.82, 2.24) is 0 Å². The molecule has 0 fully saturated rings. The smallest absolute Gasteiger partial charge is 0.150 e. The number of nitrogens with zero attached hydrogens (tertiary/aromatic N) is 1. The first-order valence-electron chi connectivity index (χ1n) is 5.41. The molecule has 90 valence electrons. The Morgan fingerprint density at radius 2 is 2.00 bits per heavy atom. The number of furan rings is 1. The molecule has 17 heavy (non-hydrogen) atoms. The van der Waals surface area contributed by atoms with Gasteiger partial charge in [0.05, 0.1) is 0 Å². The number of hydrogen-bond donors (Lipinski definition) is 0. The van der Waals surface area contributed by atoms with Gasteiger partial charge in [0.15, 0.2) is 5.76 Å². The summed E-state index contributed by atoms with van der Waals surface area (Å²) in [6, 6.07) is 9.62. The second-order valence-electron chi connectivity index (χ2n) is 4.78. The van der Waals surface area contributed by atoms with Gasteiger partial charge in [-0.25, -0.2) is 0 Å². The quantitative estimate of drug-likeness (QED) is 0.605. The summed E-state index contributed by atoms with van der Waals surface area (Å²) >= 11 is -1.25. The second-order valence-corrected chi connectivity index (χ2v) is 6.72. The van der Waals surface area contributed by atoms with E-state index in [2.05, 4.69) is 4.40 Å². The minimum absolute atomic E-state index is 0.345. The Hall–Kier alpha value is -1.26. The van der Waals surface area contributed by atoms with Gasteiger partial charge < -0.3 is 8.97 Å². The molecule has 0 aliphatic heterocycles. The Kier molecular flexibility index (Phi) is 3.26. The van der Waals surface area contributed by atoms with E-state index in [1.54, 1.807) is 0 Å². The monoisotopic (exact) mass is 249 g/mol. The van der Waals surface area contributed by atoms with Crippen LogP contribution in [0.3, 0.4) is 0 Å². The lowest BCUT2D eigenvalue weighted by Gasteiger charge is -2.17. The third-order valence-electron chi connectivity index (χ3n) is 2.24. The SMILES string of the molecule is CC(C)(C)[S+]([O-])/N=C/c1cc2ccccc2o1. The highest BCUT2D eigenvalue weighted by atomic mass is 32.2. The Balaban J connectivity index is 2.21. The first-order valence-corrected chi connectivity index (χ1v) is 6.52. The van der Waals surface area contributed by atoms with Crippen LogP contribution < -0.4 is 0 Å². The second kappa shape index (κ2) is 4.55. The first kappa shape index (κ1) is 12.2. The maximum Gasteiger partial charge on any atom is 0.150 e. The first-order chi connectivity index (χ1) is 7.97. The van der Waals surface area contributed by atoms with Gasteiger partial charge in [0.2, 0.25) is 0 Å². The van der Waals surface area contributed by atoms with E-state index < -0.39 is 11.4 Å². The molecule has 2 aromatic rings. The molecule has 1 aromatic heterocycles. The lowest BCUT2D eigenvalue weighted by molar-refractivity contribution is 0.561. The van der Waals surface area contributed by atoms with Crippen LogP contribution in [0.15, 0.2) is 39.1 Å². The molecule has 4 heteroatoms. The molecule has 1 aromatic carbocycles. The van der Waals surface area contributed by atoms with Gasteiger partial charge in [0.1, 0.15) is 27.9 Å². The van der Waals surface area contributed by atoms with E-state index in [4.69, 9.17) is 4.42 Å². The molecule has 1 heterocycles. The summed E-state index contributed by atoms with van der Waals surface area (Å²) in [7, 11) is 0. The van der Waals surface area contributed by atoms with Gasteiger partial charge in [-0.2, -0.15) is 0 Å². The molecule has 3 nitrogen and oxygen atoms in total. The van der Waals surface area contributed by atoms with E-state index >= 15 is 0 Å². The summed E-state index contributed by atoms with van der Waals surface area (Å²) < 4.78 is 20.9. The molecule has 0 amide bonds. The van der Waals surface area contributed by atoms with E-state index in [1.807, 2.05) is 51.1 Å². The van der Waals surface area contributed by atoms with Crippen LogP contribution in [0.2, 0.25) is 0 Å². The molecule has 1 unspecified atom stereocenters. The molecule has 0 saturated carbocycles. The predicted octanol–water partition coefficient (Wildman–Crippen LogP) is 3.31. The molecule has 0 aliphatic rings. The zero-order chi connectivity index (χ0) is 12.5. The fraction of sp³-hybridized carbons (Fsp3) is 0.308. The zero-order valence-electron chi connectivity index (χ0n) is 10.1. The Morgan fingerprint density at radius 3 is 2.65 bits per heavy atom. The zero-order valence-corrected chi connectivity index (χ0v) is 11.0. The normalized spacial score (nSPS) is 14.6. The summed E-state index contributed by atoms with van der Waals surface area (Å²) in [4.78, 5) is 0. The van der Waals surface area contributed by atoms with Crippen LogP contribution in [-0.2, 0) is 11.4 Å². The molecular weight excluding hydrogens is 234 g/mol. The summed E-state index contributed by atoms with van der Waals surface area (Å²) in [5.74, 6) is 0.629. The lowest BCUT2D eigenvalue weighted by atomic mass is 10.2. The molecule has 2 rings (SSSR count). The lowest BCUT2D eigenvalue weighted by Crippen LogP contribution is -2.25. The van der Waals surface area contributed by atoms with E-state index in [-0.39, 0.29) is 4.75 Å². The van der Waals surface area contributed by atoms with Crippen molar-refractivity contribution in [2.45, 2.75) is 25.5 Å². The summed E-state index contributed by atoms with van der Waals surface area (Å²) in [5.41, 5.74) is 0.815. The molecule has 0 spiro atoms. The Bertz CT molecular complexity index is 507. The maximum absolute atomic E-state index is 11.7. The average molecular weight is 249 g/mol. The van der Waals surface area contributed by atoms with E-state index in [1.165, 1.54) is 6.21 Å². The van der Waals surface area contributed by atoms with Crippen LogP contribution >= 0.6 is 0 Å². The van der Waals surface area contributed by atoms with Crippen molar-refractivity contribution in [3.8, 4) is 0 Å². The molecule has 0 radical (unpaired) electrons. The van der Waals surface area contributed by atoms with Crippen molar-refractivity contribution >= 4 is 28.5 Å². The van der Waals surface area contributed by atoms with E-state index in [0.29, 0.717) is 5.76 Å². The van der Waals surface area contributed by atoms with Crippen LogP contribution in [-0.4, -0.2) is 15.5 Å². The topological polar surface area (TPSA) is 48.6 Å². The number of hydrogen-bond acceptors (Lipinski definition) is 3. The molecular formula is C13H15NO2S. The maximum atomic E-state index is 11.7. The molecule has 1 atom stereocenters. The Labute approximate surface area is 104 Å². The molecule has 0 saturated heterocycles. The van der Waals surface area contributed by atoms with Gasteiger partial charge in [-0.3, -0.25) is 0 Å². The summed E-state index contributed by atoms with van der Waals surface area (Å²) in [6.45, 7) is 5.66. The van der Waals surface area contributed by atoms with Gasteiger partial charge in [-0.05, 0) is 32.9 Å². The largest absolute Gasteiger partial charge is 0.591 e. The minimum atomic E-state index is -1.25. The van der Waals surface area contributed by atoms with Crippen LogP contribution in [0.25, 0.3) is 11.0 Å². The number of para-hydroxylation sites is 1. The van der Waals surface area contributed by atoms with E-state index in [0.717, 1.165) is 11.0 Å². The van der Waals surface area contributed by atoms with Gasteiger partial charge in [0, 0.05) is 5.39 Å². The van der Waals surface area contributed by atoms with Gasteiger partial charge in [0.25, 0.3) is 0 Å². The highest BCUT2D eigenvalue weighted by molar-refractivity contribution is 7.91. The third kappa shape index (κ3) is 2.90. The molecule has 0 bridgehead atoms. The predicted molar refractivity (Wildman–Crippen MR) is 71.7 cm³/mol. The molecule has 0 aliphatic carbocycles. The van der Waals surface area contributed by atoms with Crippen molar-refractivity contribution in [3.05, 3.63) is 36.1 Å². The summed E-state index contributed by atoms with van der Waals surface area (Å²) in [6.07, 6.45) is 1.53. The number of rotatable bonds is 2. The number of fused-ring (bicyclic) bond motifs is 1. The summed E-state index contributed by atoms with van der Waals surface area (Å²) in [5, 5.41) is 1.02. The van der Waals surface area contributed by atoms with Crippen molar-refractivity contribution in [3.63, 3.8) is 0 Å². The number of benzene rings is 1. The van der Waals surface area contributed by atoms with Gasteiger partial charge in [-0.15, -0.1) is 0 Å². The Morgan fingerprint density at radius 1 is 1.29 bits per heavy atom. The highest BCUT2D eigenvalue weighted by Gasteiger charge is 2.25. The average Bonchev–Trinajstić information content (AvgIpc) is 2.66. The van der Waals surface area contributed by atoms with Crippen LogP contribution in [0.4, 0.5) is 0 Å². The third-order valence-corrected chi connectivity index (χ3v) is 3.59. The fourth-order valence-electron chi connectivity index (χ4n) is 1.32. The van der Waals surface area contributed by atoms with Crippen molar-refractivity contribution in [2.75, 3.05) is 0 Å². The van der Waals surface area contributed by atoms with Crippen molar-refractivity contribution < 1.29 is 8.97 Å². The fourth-order valence-corrected chi connectivity index (χ4v) is 1.84. The van der Waals surface area contributed by atoms with Crippen LogP contribution in [0.1, 0.15) is 26.5 Å². The van der Waals surface area contributed by atoms with Crippen LogP contribution in [0, 0.1) is 0 Å². The van der Waals surface area contributed by atoms with Gasteiger partial charge in [-0.1, -0.05) is 22.6 Å². The highest BCUT2D eigenvalue weighted by Crippen LogP contribution is 2.19. The van der Waals surface area contributed by atoms with Crippen molar-refractivity contribution in [2.24, 2.45) is 4.40 Å². The van der Waals surface area contributed by atoms with Gasteiger partial charge >= 0.3 is 0 Å². The standard InChI is InChI=1S/C13H15NO2S/c1-13(2,3)17(15)14-9-11-8-10-6-4-5-7-12(10)16-11/h4-9H,1-3H3/b14-9+. The van der Waals surface area contributed by atoms with E-state index in [9.17, 15) is 4.55 Å². The van der Waals surface area contributed by atoms with Crippen molar-refractivity contribution in [1.29, 1.82) is 0 Å².